The minimum Gasteiger partial charge on any atom is -0.495 e. The number of guanidine groups is 1. The Hall–Kier alpha value is -4.07. The fourth-order valence-corrected chi connectivity index (χ4v) is 5.98. The molecule has 1 fully saturated rings. The number of carboxylic acids is 1. The van der Waals surface area contributed by atoms with Crippen LogP contribution in [-0.4, -0.2) is 71.8 Å². The Morgan fingerprint density at radius 3 is 2.62 bits per heavy atom. The summed E-state index contributed by atoms with van der Waals surface area (Å²) in [5.74, 6) is 0.570. The Morgan fingerprint density at radius 2 is 1.95 bits per heavy atom. The number of anilines is 2. The molecule has 40 heavy (non-hydrogen) atoms. The summed E-state index contributed by atoms with van der Waals surface area (Å²) in [7, 11) is 2.89. The summed E-state index contributed by atoms with van der Waals surface area (Å²) >= 11 is 1.32. The first kappa shape index (κ1) is 27.5. The number of rotatable bonds is 6. The maximum absolute atomic E-state index is 13.8. The van der Waals surface area contributed by atoms with Crippen LogP contribution in [0.5, 0.6) is 11.6 Å². The molecule has 10 nitrogen and oxygen atoms in total. The van der Waals surface area contributed by atoms with Gasteiger partial charge in [0.1, 0.15) is 17.9 Å². The van der Waals surface area contributed by atoms with E-state index in [-0.39, 0.29) is 23.9 Å². The molecule has 1 unspecified atom stereocenters. The van der Waals surface area contributed by atoms with Gasteiger partial charge in [-0.05, 0) is 36.6 Å². The number of methoxy groups -OCH3 is 2. The number of halogens is 3. The summed E-state index contributed by atoms with van der Waals surface area (Å²) < 4.78 is 52.1. The first-order valence-corrected chi connectivity index (χ1v) is 13.3. The molecule has 0 bridgehead atoms. The number of aromatic nitrogens is 2. The van der Waals surface area contributed by atoms with Gasteiger partial charge in [-0.3, -0.25) is 9.69 Å². The molecule has 5 rings (SSSR count). The first-order valence-electron chi connectivity index (χ1n) is 12.4. The van der Waals surface area contributed by atoms with Crippen molar-refractivity contribution in [2.24, 2.45) is 4.99 Å². The highest BCUT2D eigenvalue weighted by Crippen LogP contribution is 2.47. The molecule has 2 aliphatic rings. The van der Waals surface area contributed by atoms with Crippen LogP contribution in [0.25, 0.3) is 0 Å². The third-order valence-electron chi connectivity index (χ3n) is 6.90. The Labute approximate surface area is 232 Å². The van der Waals surface area contributed by atoms with Gasteiger partial charge in [0.15, 0.2) is 0 Å². The van der Waals surface area contributed by atoms with Crippen LogP contribution in [-0.2, 0) is 11.0 Å². The van der Waals surface area contributed by atoms with Gasteiger partial charge in [0, 0.05) is 31.7 Å². The van der Waals surface area contributed by atoms with Gasteiger partial charge < -0.3 is 24.4 Å². The number of benzene rings is 1. The molecule has 0 spiro atoms. The normalized spacial score (nSPS) is 19.2. The number of nitrogens with zero attached hydrogens (tertiary/aromatic N) is 6. The summed E-state index contributed by atoms with van der Waals surface area (Å²) in [4.78, 5) is 31.6. The van der Waals surface area contributed by atoms with Crippen molar-refractivity contribution in [2.45, 2.75) is 31.6 Å². The zero-order chi connectivity index (χ0) is 28.6. The van der Waals surface area contributed by atoms with E-state index in [2.05, 4.69) is 14.9 Å². The van der Waals surface area contributed by atoms with Crippen molar-refractivity contribution in [2.75, 3.05) is 43.7 Å². The smallest absolute Gasteiger partial charge is 0.416 e. The molecular weight excluding hydrogens is 549 g/mol. The van der Waals surface area contributed by atoms with Crippen molar-refractivity contribution in [3.63, 3.8) is 0 Å². The number of hydrogen-bond donors (Lipinski definition) is 1. The van der Waals surface area contributed by atoms with Crippen molar-refractivity contribution in [1.82, 2.24) is 14.9 Å². The molecule has 1 aromatic carbocycles. The third-order valence-corrected chi connectivity index (χ3v) is 7.91. The van der Waals surface area contributed by atoms with Crippen molar-refractivity contribution in [1.29, 1.82) is 0 Å². The number of piperazine rings is 1. The maximum atomic E-state index is 13.8. The molecule has 1 N–H and O–H groups in total. The summed E-state index contributed by atoms with van der Waals surface area (Å²) in [5.41, 5.74) is -0.175. The second-order valence-electron chi connectivity index (χ2n) is 9.36. The van der Waals surface area contributed by atoms with Crippen LogP contribution in [0, 0.1) is 0 Å². The fourth-order valence-electron chi connectivity index (χ4n) is 5.06. The van der Waals surface area contributed by atoms with Crippen LogP contribution in [0.4, 0.5) is 30.4 Å². The van der Waals surface area contributed by atoms with Crippen LogP contribution in [0.15, 0.2) is 47.0 Å². The number of ether oxygens (including phenoxy) is 2. The Morgan fingerprint density at radius 1 is 1.15 bits per heavy atom. The highest BCUT2D eigenvalue weighted by atomic mass is 32.1. The quantitative estimate of drug-likeness (QED) is 0.443. The van der Waals surface area contributed by atoms with Crippen LogP contribution >= 0.6 is 11.3 Å². The van der Waals surface area contributed by atoms with Crippen molar-refractivity contribution < 1.29 is 32.5 Å². The van der Waals surface area contributed by atoms with Crippen LogP contribution in [0.3, 0.4) is 0 Å². The van der Waals surface area contributed by atoms with Gasteiger partial charge in [0.05, 0.1) is 48.5 Å². The van der Waals surface area contributed by atoms with E-state index in [0.29, 0.717) is 47.9 Å². The lowest BCUT2D eigenvalue weighted by Crippen LogP contribution is -2.58. The minimum atomic E-state index is -4.61. The number of aliphatic carboxylic acids is 1. The lowest BCUT2D eigenvalue weighted by atomic mass is 10.0. The molecule has 2 aliphatic heterocycles. The second-order valence-corrected chi connectivity index (χ2v) is 10.3. The van der Waals surface area contributed by atoms with Crippen molar-refractivity contribution in [3.8, 4) is 11.6 Å². The molecule has 0 aliphatic carbocycles. The van der Waals surface area contributed by atoms with E-state index in [0.717, 1.165) is 12.1 Å². The van der Waals surface area contributed by atoms with Crippen LogP contribution in [0.1, 0.15) is 29.8 Å². The highest BCUT2D eigenvalue weighted by Gasteiger charge is 2.41. The van der Waals surface area contributed by atoms with Gasteiger partial charge in [0.25, 0.3) is 0 Å². The lowest BCUT2D eigenvalue weighted by molar-refractivity contribution is -0.138. The average molecular weight is 577 g/mol. The molecule has 2 aromatic heterocycles. The van der Waals surface area contributed by atoms with Gasteiger partial charge in [-0.1, -0.05) is 0 Å². The topological polar surface area (TPSA) is 104 Å². The number of thiophene rings is 1. The van der Waals surface area contributed by atoms with Gasteiger partial charge >= 0.3 is 12.1 Å². The Kier molecular flexibility index (Phi) is 7.45. The SMILES string of the molecule is COc1cc(N2CCN(C3=Nc4ccsc4C(CC(=O)O)N3c3cc(C(F)(F)F)ccc3OC)C[C@H]2C)ncn1. The standard InChI is InChI=1S/C26H27F3N6O4S/c1-15-13-33(7-8-34(15)21-12-22(39-3)31-14-30-21)25-32-17-6-9-40-24(17)19(11-23(36)37)35(25)18-10-16(26(27,28)29)4-5-20(18)38-2/h4-6,9-10,12,14-15,19H,7-8,11,13H2,1-3H3,(H,36,37)/t15-,19?/m1/s1. The number of hydrogen-bond acceptors (Lipinski definition) is 10. The molecular formula is C26H27F3N6O4S. The highest BCUT2D eigenvalue weighted by molar-refractivity contribution is 7.10. The van der Waals surface area contributed by atoms with E-state index < -0.39 is 23.8 Å². The average Bonchev–Trinajstić information content (AvgIpc) is 3.40. The zero-order valence-corrected chi connectivity index (χ0v) is 22.7. The van der Waals surface area contributed by atoms with Crippen molar-refractivity contribution >= 4 is 40.5 Å². The van der Waals surface area contributed by atoms with Crippen LogP contribution in [0.2, 0.25) is 0 Å². The Bertz CT molecular complexity index is 1430. The van der Waals surface area contributed by atoms with E-state index in [1.54, 1.807) is 22.4 Å². The second kappa shape index (κ2) is 10.8. The molecule has 4 heterocycles. The van der Waals surface area contributed by atoms with E-state index in [1.165, 1.54) is 38.0 Å². The zero-order valence-electron chi connectivity index (χ0n) is 21.9. The van der Waals surface area contributed by atoms with E-state index >= 15 is 0 Å². The van der Waals surface area contributed by atoms with Gasteiger partial charge in [-0.15, -0.1) is 11.3 Å². The minimum absolute atomic E-state index is 0.0805. The van der Waals surface area contributed by atoms with Gasteiger partial charge in [0.2, 0.25) is 11.8 Å². The number of carboxylic acid groups (broad SMARTS) is 1. The van der Waals surface area contributed by atoms with E-state index in [9.17, 15) is 23.1 Å². The number of alkyl halides is 3. The lowest BCUT2D eigenvalue weighted by Gasteiger charge is -2.46. The van der Waals surface area contributed by atoms with Gasteiger partial charge in [-0.2, -0.15) is 13.2 Å². The molecule has 0 radical (unpaired) electrons. The number of fused-ring (bicyclic) bond motifs is 1. The third kappa shape index (κ3) is 5.22. The summed E-state index contributed by atoms with van der Waals surface area (Å²) in [6, 6.07) is 5.85. The van der Waals surface area contributed by atoms with Crippen molar-refractivity contribution in [3.05, 3.63) is 52.5 Å². The monoisotopic (exact) mass is 576 g/mol. The predicted octanol–water partition coefficient (Wildman–Crippen LogP) is 4.81. The van der Waals surface area contributed by atoms with Gasteiger partial charge in [-0.25, -0.2) is 15.0 Å². The molecule has 212 valence electrons. The molecule has 3 aromatic rings. The van der Waals surface area contributed by atoms with E-state index in [4.69, 9.17) is 14.5 Å². The number of carbonyl (C=O) groups is 1. The largest absolute Gasteiger partial charge is 0.495 e. The van der Waals surface area contributed by atoms with E-state index in [1.807, 2.05) is 11.8 Å². The summed E-state index contributed by atoms with van der Waals surface area (Å²) in [6.07, 6.45) is -3.53. The number of aliphatic imine (C=N–C) groups is 1. The predicted molar refractivity (Wildman–Crippen MR) is 144 cm³/mol. The first-order chi connectivity index (χ1) is 19.1. The molecule has 0 saturated carbocycles. The molecule has 1 saturated heterocycles. The molecule has 0 amide bonds. The fraction of sp³-hybridized carbons (Fsp3) is 0.385. The van der Waals surface area contributed by atoms with Crippen LogP contribution < -0.4 is 19.3 Å². The maximum Gasteiger partial charge on any atom is 0.416 e. The molecule has 2 atom stereocenters. The Balaban J connectivity index is 1.58. The molecule has 14 heteroatoms. The summed E-state index contributed by atoms with van der Waals surface area (Å²) in [5, 5.41) is 11.6. The summed E-state index contributed by atoms with van der Waals surface area (Å²) in [6.45, 7) is 3.42.